The van der Waals surface area contributed by atoms with Gasteiger partial charge in [-0.2, -0.15) is 11.3 Å². The van der Waals surface area contributed by atoms with Crippen molar-refractivity contribution in [1.29, 1.82) is 0 Å². The largest absolute Gasteiger partial charge is 0.512 e. The van der Waals surface area contributed by atoms with Crippen LogP contribution in [0.4, 0.5) is 0 Å². The summed E-state index contributed by atoms with van der Waals surface area (Å²) in [6.45, 7) is 25.6. The Kier molecular flexibility index (Phi) is 15.2. The maximum Gasteiger partial charge on any atom is 0.164 e. The fraction of sp³-hybridized carbons (Fsp3) is 0.467. The summed E-state index contributed by atoms with van der Waals surface area (Å²) in [5.74, 6) is 0.956. The number of aromatic nitrogens is 1. The molecule has 1 N–H and O–H groups in total. The summed E-state index contributed by atoms with van der Waals surface area (Å²) in [7, 11) is 0. The standard InChI is InChI=1S/C30H30NOS2.C15H28O2.Ir/c1-18(2)7-8-19(3)34-22-9-10-23-26(17-22)32-25-11-13-31-28(27(23)25)21-15-20-12-14-33-29(20)24(16-21)30(4,5)6;1-7-14(5,8-2)12(16)11-13(17)15(6,9-3)10-4;/h8-14,16-18H,7H2,1-6H3;11,16H,7-10H2,1-6H3;/q-1;;/b19-8+;12-11-;. The quantitative estimate of drug-likeness (QED) is 0.0585. The van der Waals surface area contributed by atoms with Crippen molar-refractivity contribution in [2.45, 2.75) is 125 Å². The summed E-state index contributed by atoms with van der Waals surface area (Å²) in [6, 6.07) is 16.6. The Morgan fingerprint density at radius 2 is 1.62 bits per heavy atom. The summed E-state index contributed by atoms with van der Waals surface area (Å²) in [5, 5.41) is 15.6. The van der Waals surface area contributed by atoms with E-state index in [2.05, 4.69) is 89.4 Å². The number of fused-ring (bicyclic) bond motifs is 4. The number of allylic oxidation sites excluding steroid dienone is 4. The molecule has 0 saturated carbocycles. The van der Waals surface area contributed by atoms with Crippen LogP contribution in [0.3, 0.4) is 0 Å². The van der Waals surface area contributed by atoms with Crippen LogP contribution in [-0.4, -0.2) is 15.9 Å². The predicted octanol–water partition coefficient (Wildman–Crippen LogP) is 14.6. The molecule has 283 valence electrons. The first kappa shape index (κ1) is 43.7. The maximum absolute atomic E-state index is 12.2. The molecule has 0 aliphatic carbocycles. The molecule has 0 bridgehead atoms. The zero-order valence-electron chi connectivity index (χ0n) is 33.2. The van der Waals surface area contributed by atoms with E-state index in [0.29, 0.717) is 5.92 Å². The maximum atomic E-state index is 12.2. The first-order chi connectivity index (χ1) is 24.0. The smallest absolute Gasteiger partial charge is 0.164 e. The Balaban J connectivity index is 0.000000347. The molecule has 0 aliphatic heterocycles. The number of thiophene rings is 1. The van der Waals surface area contributed by atoms with Crippen molar-refractivity contribution >= 4 is 60.9 Å². The van der Waals surface area contributed by atoms with E-state index in [0.717, 1.165) is 70.7 Å². The van der Waals surface area contributed by atoms with Gasteiger partial charge < -0.3 is 9.52 Å². The van der Waals surface area contributed by atoms with E-state index in [9.17, 15) is 9.90 Å². The number of hydrogen-bond acceptors (Lipinski definition) is 6. The van der Waals surface area contributed by atoms with E-state index < -0.39 is 0 Å². The minimum atomic E-state index is -0.337. The summed E-state index contributed by atoms with van der Waals surface area (Å²) < 4.78 is 7.63. The predicted molar refractivity (Wildman–Crippen MR) is 222 cm³/mol. The molecule has 2 aromatic carbocycles. The third kappa shape index (κ3) is 9.88. The van der Waals surface area contributed by atoms with Crippen LogP contribution >= 0.6 is 23.1 Å². The Labute approximate surface area is 334 Å². The van der Waals surface area contributed by atoms with Crippen molar-refractivity contribution in [3.05, 3.63) is 82.4 Å². The zero-order chi connectivity index (χ0) is 37.7. The van der Waals surface area contributed by atoms with Crippen molar-refractivity contribution in [2.75, 3.05) is 0 Å². The molecule has 0 atom stereocenters. The van der Waals surface area contributed by atoms with Gasteiger partial charge in [0, 0.05) is 64.6 Å². The van der Waals surface area contributed by atoms with Gasteiger partial charge in [0.2, 0.25) is 0 Å². The number of pyridine rings is 1. The molecule has 0 spiro atoms. The number of thioether (sulfide) groups is 1. The van der Waals surface area contributed by atoms with Crippen molar-refractivity contribution in [3.63, 3.8) is 0 Å². The van der Waals surface area contributed by atoms with Crippen LogP contribution < -0.4 is 0 Å². The van der Waals surface area contributed by atoms with Crippen LogP contribution in [0.2, 0.25) is 0 Å². The third-order valence-corrected chi connectivity index (χ3v) is 12.6. The number of carbonyl (C=O) groups excluding carboxylic acids is 1. The van der Waals surface area contributed by atoms with Crippen molar-refractivity contribution in [3.8, 4) is 11.3 Å². The average molecular weight is 917 g/mol. The Morgan fingerprint density at radius 1 is 0.962 bits per heavy atom. The minimum absolute atomic E-state index is 0. The monoisotopic (exact) mass is 917 g/mol. The van der Waals surface area contributed by atoms with Crippen LogP contribution in [0.1, 0.15) is 121 Å². The summed E-state index contributed by atoms with van der Waals surface area (Å²) in [4.78, 5) is 19.5. The van der Waals surface area contributed by atoms with Gasteiger partial charge in [-0.1, -0.05) is 105 Å². The van der Waals surface area contributed by atoms with Gasteiger partial charge in [0.25, 0.3) is 0 Å². The van der Waals surface area contributed by atoms with Gasteiger partial charge in [-0.3, -0.25) is 9.78 Å². The van der Waals surface area contributed by atoms with Crippen LogP contribution in [0.25, 0.3) is 43.3 Å². The molecular weight excluding hydrogens is 859 g/mol. The molecule has 0 unspecified atom stereocenters. The second-order valence-corrected chi connectivity index (χ2v) is 18.0. The number of furan rings is 1. The van der Waals surface area contributed by atoms with Crippen molar-refractivity contribution in [2.24, 2.45) is 16.7 Å². The average Bonchev–Trinajstić information content (AvgIpc) is 3.73. The molecule has 0 saturated heterocycles. The number of aliphatic hydroxyl groups is 1. The second-order valence-electron chi connectivity index (χ2n) is 15.8. The Bertz CT molecular complexity index is 2030. The van der Waals surface area contributed by atoms with E-state index in [4.69, 9.17) is 9.40 Å². The van der Waals surface area contributed by atoms with Gasteiger partial charge in [0.1, 0.15) is 16.9 Å². The van der Waals surface area contributed by atoms with E-state index in [1.807, 2.05) is 53.8 Å². The molecule has 3 heterocycles. The summed E-state index contributed by atoms with van der Waals surface area (Å²) in [6.07, 6.45) is 10.0. The topological polar surface area (TPSA) is 63.3 Å². The molecular formula is C45H58IrNO3S2-. The molecule has 3 aromatic heterocycles. The van der Waals surface area contributed by atoms with Crippen LogP contribution in [0.5, 0.6) is 0 Å². The number of carbonyl (C=O) groups is 1. The summed E-state index contributed by atoms with van der Waals surface area (Å²) >= 11 is 3.59. The van der Waals surface area contributed by atoms with Crippen LogP contribution in [0, 0.1) is 22.8 Å². The Hall–Kier alpha value is -2.70. The van der Waals surface area contributed by atoms with Gasteiger partial charge in [-0.05, 0) is 89.6 Å². The second kappa shape index (κ2) is 18.1. The fourth-order valence-electron chi connectivity index (χ4n) is 5.97. The molecule has 5 aromatic rings. The molecule has 0 fully saturated rings. The molecule has 52 heavy (non-hydrogen) atoms. The zero-order valence-corrected chi connectivity index (χ0v) is 37.3. The van der Waals surface area contributed by atoms with Gasteiger partial charge in [0.05, 0.1) is 0 Å². The molecule has 5 rings (SSSR count). The number of benzene rings is 2. The number of rotatable bonds is 12. The first-order valence-electron chi connectivity index (χ1n) is 18.6. The molecule has 1 radical (unpaired) electrons. The van der Waals surface area contributed by atoms with Crippen molar-refractivity contribution < 1.29 is 34.4 Å². The minimum Gasteiger partial charge on any atom is -0.512 e. The third-order valence-electron chi connectivity index (χ3n) is 10.6. The number of aliphatic hydroxyl groups excluding tert-OH is 1. The van der Waals surface area contributed by atoms with E-state index in [-0.39, 0.29) is 47.9 Å². The van der Waals surface area contributed by atoms with E-state index >= 15 is 0 Å². The molecule has 0 amide bonds. The number of nitrogens with zero attached hydrogens (tertiary/aromatic N) is 1. The summed E-state index contributed by atoms with van der Waals surface area (Å²) in [5.41, 5.74) is 4.49. The van der Waals surface area contributed by atoms with Crippen LogP contribution in [-0.2, 0) is 30.3 Å². The van der Waals surface area contributed by atoms with Gasteiger partial charge in [-0.15, -0.1) is 23.6 Å². The molecule has 4 nitrogen and oxygen atoms in total. The molecule has 0 aliphatic rings. The fourth-order valence-corrected chi connectivity index (χ4v) is 7.91. The van der Waals surface area contributed by atoms with Gasteiger partial charge in [-0.25, -0.2) is 0 Å². The van der Waals surface area contributed by atoms with Crippen molar-refractivity contribution in [1.82, 2.24) is 4.98 Å². The van der Waals surface area contributed by atoms with Gasteiger partial charge >= 0.3 is 0 Å². The SMILES string of the molecule is C/C(=C\CC(C)C)Sc1ccc2c(c1)oc1ccnc(-c3[c-]c4ccsc4c(C(C)(C)C)c3)c12.CCC(C)(CC)C(=O)/C=C(\O)C(C)(CC)CC.[Ir]. The number of hydrogen-bond donors (Lipinski definition) is 1. The first-order valence-corrected chi connectivity index (χ1v) is 20.3. The van der Waals surface area contributed by atoms with E-state index in [1.165, 1.54) is 26.1 Å². The van der Waals surface area contributed by atoms with Crippen LogP contribution in [0.15, 0.2) is 80.1 Å². The Morgan fingerprint density at radius 3 is 2.21 bits per heavy atom. The normalized spacial score (nSPS) is 13.1. The molecule has 7 heteroatoms. The van der Waals surface area contributed by atoms with E-state index in [1.54, 1.807) is 23.1 Å². The number of ketones is 1. The van der Waals surface area contributed by atoms with Gasteiger partial charge in [0.15, 0.2) is 5.78 Å².